The molecule has 0 radical (unpaired) electrons. The zero-order valence-corrected chi connectivity index (χ0v) is 13.1. The van der Waals surface area contributed by atoms with Crippen LogP contribution in [-0.4, -0.2) is 41.1 Å². The van der Waals surface area contributed by atoms with Gasteiger partial charge in [0.05, 0.1) is 0 Å². The molecule has 2 saturated heterocycles. The first-order valence-electron chi connectivity index (χ1n) is 8.49. The molecule has 116 valence electrons. The van der Waals surface area contributed by atoms with Gasteiger partial charge in [-0.15, -0.1) is 0 Å². The van der Waals surface area contributed by atoms with E-state index in [2.05, 4.69) is 27.9 Å². The molecule has 1 atom stereocenters. The quantitative estimate of drug-likeness (QED) is 0.929. The highest BCUT2D eigenvalue weighted by molar-refractivity contribution is 5.93. The van der Waals surface area contributed by atoms with Crippen molar-refractivity contribution in [3.63, 3.8) is 0 Å². The largest absolute Gasteiger partial charge is 0.340 e. The minimum atomic E-state index is 0.241. The van der Waals surface area contributed by atoms with E-state index in [-0.39, 0.29) is 5.91 Å². The SMILES string of the molecule is CCC1CCCCN1C(=O)c1cccn1C1CCNCC1. The van der Waals surface area contributed by atoms with Crippen LogP contribution in [0.5, 0.6) is 0 Å². The maximum Gasteiger partial charge on any atom is 0.270 e. The van der Waals surface area contributed by atoms with Gasteiger partial charge in [-0.25, -0.2) is 0 Å². The van der Waals surface area contributed by atoms with Gasteiger partial charge in [0.15, 0.2) is 0 Å². The summed E-state index contributed by atoms with van der Waals surface area (Å²) in [5.41, 5.74) is 0.891. The molecule has 0 bridgehead atoms. The molecule has 4 nitrogen and oxygen atoms in total. The van der Waals surface area contributed by atoms with Crippen LogP contribution >= 0.6 is 0 Å². The summed E-state index contributed by atoms with van der Waals surface area (Å²) < 4.78 is 2.23. The second-order valence-corrected chi connectivity index (χ2v) is 6.34. The highest BCUT2D eigenvalue weighted by Gasteiger charge is 2.29. The number of aromatic nitrogens is 1. The molecule has 1 aromatic rings. The molecule has 3 heterocycles. The lowest BCUT2D eigenvalue weighted by Crippen LogP contribution is -2.44. The summed E-state index contributed by atoms with van der Waals surface area (Å²) in [6.07, 6.45) is 8.97. The Labute approximate surface area is 127 Å². The number of carbonyl (C=O) groups excluding carboxylic acids is 1. The van der Waals surface area contributed by atoms with Crippen LogP contribution in [0.1, 0.15) is 62.0 Å². The standard InChI is InChI=1S/C17H27N3O/c1-2-14-6-3-4-12-20(14)17(21)16-7-5-13-19(16)15-8-10-18-11-9-15/h5,7,13-15,18H,2-4,6,8-12H2,1H3. The third-order valence-electron chi connectivity index (χ3n) is 5.06. The number of nitrogens with zero attached hydrogens (tertiary/aromatic N) is 2. The van der Waals surface area contributed by atoms with Crippen LogP contribution in [0.2, 0.25) is 0 Å². The summed E-state index contributed by atoms with van der Waals surface area (Å²) in [5.74, 6) is 0.241. The van der Waals surface area contributed by atoms with E-state index < -0.39 is 0 Å². The zero-order valence-electron chi connectivity index (χ0n) is 13.1. The average molecular weight is 289 g/mol. The van der Waals surface area contributed by atoms with Crippen LogP contribution in [0.4, 0.5) is 0 Å². The lowest BCUT2D eigenvalue weighted by Gasteiger charge is -2.36. The molecule has 2 fully saturated rings. The Morgan fingerprint density at radius 2 is 2.10 bits per heavy atom. The monoisotopic (exact) mass is 289 g/mol. The number of hydrogen-bond acceptors (Lipinski definition) is 2. The van der Waals surface area contributed by atoms with Crippen LogP contribution in [-0.2, 0) is 0 Å². The van der Waals surface area contributed by atoms with Gasteiger partial charge in [-0.2, -0.15) is 0 Å². The molecule has 0 spiro atoms. The van der Waals surface area contributed by atoms with E-state index in [1.54, 1.807) is 0 Å². The van der Waals surface area contributed by atoms with E-state index in [4.69, 9.17) is 0 Å². The Hall–Kier alpha value is -1.29. The first-order valence-corrected chi connectivity index (χ1v) is 8.49. The van der Waals surface area contributed by atoms with E-state index >= 15 is 0 Å². The van der Waals surface area contributed by atoms with E-state index in [1.807, 2.05) is 12.1 Å². The van der Waals surface area contributed by atoms with E-state index in [0.29, 0.717) is 12.1 Å². The van der Waals surface area contributed by atoms with Gasteiger partial charge < -0.3 is 14.8 Å². The Balaban J connectivity index is 1.79. The van der Waals surface area contributed by atoms with Gasteiger partial charge in [-0.1, -0.05) is 6.92 Å². The van der Waals surface area contributed by atoms with Gasteiger partial charge in [-0.05, 0) is 63.7 Å². The van der Waals surface area contributed by atoms with Crippen LogP contribution in [0.25, 0.3) is 0 Å². The third kappa shape index (κ3) is 3.00. The number of rotatable bonds is 3. The van der Waals surface area contributed by atoms with Crippen molar-refractivity contribution in [2.45, 2.75) is 57.5 Å². The van der Waals surface area contributed by atoms with Gasteiger partial charge in [0.25, 0.3) is 5.91 Å². The van der Waals surface area contributed by atoms with Crippen molar-refractivity contribution >= 4 is 5.91 Å². The predicted octanol–water partition coefficient (Wildman–Crippen LogP) is 2.82. The fraction of sp³-hybridized carbons (Fsp3) is 0.706. The first kappa shape index (κ1) is 14.6. The normalized spacial score (nSPS) is 24.2. The Bertz CT molecular complexity index is 476. The van der Waals surface area contributed by atoms with Crippen molar-refractivity contribution in [3.05, 3.63) is 24.0 Å². The van der Waals surface area contributed by atoms with Crippen molar-refractivity contribution in [1.29, 1.82) is 0 Å². The molecule has 1 N–H and O–H groups in total. The smallest absolute Gasteiger partial charge is 0.270 e. The average Bonchev–Trinajstić information content (AvgIpc) is 3.04. The van der Waals surface area contributed by atoms with Gasteiger partial charge >= 0.3 is 0 Å². The van der Waals surface area contributed by atoms with Crippen molar-refractivity contribution in [2.75, 3.05) is 19.6 Å². The topological polar surface area (TPSA) is 37.3 Å². The van der Waals surface area contributed by atoms with Gasteiger partial charge in [-0.3, -0.25) is 4.79 Å². The lowest BCUT2D eigenvalue weighted by molar-refractivity contribution is 0.0593. The third-order valence-corrected chi connectivity index (χ3v) is 5.06. The summed E-state index contributed by atoms with van der Waals surface area (Å²) in [4.78, 5) is 15.1. The molecule has 2 aliphatic heterocycles. The van der Waals surface area contributed by atoms with Crippen LogP contribution in [0.15, 0.2) is 18.3 Å². The first-order chi connectivity index (χ1) is 10.3. The number of likely N-dealkylation sites (tertiary alicyclic amines) is 1. The highest BCUT2D eigenvalue weighted by Crippen LogP contribution is 2.25. The van der Waals surface area contributed by atoms with Gasteiger partial charge in [0.2, 0.25) is 0 Å². The van der Waals surface area contributed by atoms with Crippen molar-refractivity contribution in [2.24, 2.45) is 0 Å². The number of piperidine rings is 2. The lowest BCUT2D eigenvalue weighted by atomic mass is 9.99. The minimum absolute atomic E-state index is 0.241. The summed E-state index contributed by atoms with van der Waals surface area (Å²) in [6, 6.07) is 4.94. The molecular weight excluding hydrogens is 262 g/mol. The van der Waals surface area contributed by atoms with Crippen molar-refractivity contribution in [3.8, 4) is 0 Å². The molecule has 21 heavy (non-hydrogen) atoms. The Morgan fingerprint density at radius 1 is 1.29 bits per heavy atom. The summed E-state index contributed by atoms with van der Waals surface area (Å²) in [5, 5.41) is 3.40. The van der Waals surface area contributed by atoms with Crippen LogP contribution < -0.4 is 5.32 Å². The Kier molecular flexibility index (Phi) is 4.63. The minimum Gasteiger partial charge on any atom is -0.340 e. The van der Waals surface area contributed by atoms with Crippen LogP contribution in [0, 0.1) is 0 Å². The van der Waals surface area contributed by atoms with Crippen molar-refractivity contribution in [1.82, 2.24) is 14.8 Å². The number of carbonyl (C=O) groups is 1. The van der Waals surface area contributed by atoms with E-state index in [9.17, 15) is 4.79 Å². The molecule has 2 aliphatic rings. The Morgan fingerprint density at radius 3 is 2.86 bits per heavy atom. The highest BCUT2D eigenvalue weighted by atomic mass is 16.2. The summed E-state index contributed by atoms with van der Waals surface area (Å²) in [7, 11) is 0. The molecular formula is C17H27N3O. The van der Waals surface area contributed by atoms with Gasteiger partial charge in [0.1, 0.15) is 5.69 Å². The maximum absolute atomic E-state index is 13.0. The second kappa shape index (κ2) is 6.65. The fourth-order valence-corrected chi connectivity index (χ4v) is 3.82. The summed E-state index contributed by atoms with van der Waals surface area (Å²) in [6.45, 7) is 5.23. The maximum atomic E-state index is 13.0. The molecule has 1 aromatic heterocycles. The molecule has 3 rings (SSSR count). The fourth-order valence-electron chi connectivity index (χ4n) is 3.82. The van der Waals surface area contributed by atoms with E-state index in [1.165, 1.54) is 6.42 Å². The molecule has 0 aromatic carbocycles. The van der Waals surface area contributed by atoms with Crippen LogP contribution in [0.3, 0.4) is 0 Å². The zero-order chi connectivity index (χ0) is 14.7. The molecule has 0 saturated carbocycles. The molecule has 1 unspecified atom stereocenters. The van der Waals surface area contributed by atoms with E-state index in [0.717, 1.165) is 57.4 Å². The number of nitrogens with one attached hydrogen (secondary N) is 1. The molecule has 1 amide bonds. The molecule has 4 heteroatoms. The van der Waals surface area contributed by atoms with Gasteiger partial charge in [0, 0.05) is 24.8 Å². The predicted molar refractivity (Wildman–Crippen MR) is 84.5 cm³/mol. The number of amides is 1. The summed E-state index contributed by atoms with van der Waals surface area (Å²) >= 11 is 0. The molecule has 0 aliphatic carbocycles. The van der Waals surface area contributed by atoms with Crippen molar-refractivity contribution < 1.29 is 4.79 Å². The second-order valence-electron chi connectivity index (χ2n) is 6.34. The number of hydrogen-bond donors (Lipinski definition) is 1.